The molecule has 1 aromatic carbocycles. The van der Waals surface area contributed by atoms with Gasteiger partial charge in [0.2, 0.25) is 5.91 Å². The maximum Gasteiger partial charge on any atom is 0.305 e. The number of hydrogen-bond donors (Lipinski definition) is 3. The molecule has 0 fully saturated rings. The van der Waals surface area contributed by atoms with Crippen molar-refractivity contribution < 1.29 is 24.2 Å². The molecule has 0 spiro atoms. The molecule has 1 rings (SSSR count). The first-order valence-corrected chi connectivity index (χ1v) is 8.30. The van der Waals surface area contributed by atoms with Crippen molar-refractivity contribution in [2.45, 2.75) is 46.2 Å². The lowest BCUT2D eigenvalue weighted by Gasteiger charge is -2.23. The van der Waals surface area contributed by atoms with Gasteiger partial charge in [-0.25, -0.2) is 0 Å². The van der Waals surface area contributed by atoms with Crippen molar-refractivity contribution in [3.05, 3.63) is 29.8 Å². The van der Waals surface area contributed by atoms with Gasteiger partial charge in [0.1, 0.15) is 11.8 Å². The summed E-state index contributed by atoms with van der Waals surface area (Å²) in [6, 6.07) is 5.37. The first-order valence-electron chi connectivity index (χ1n) is 8.30. The maximum atomic E-state index is 12.4. The van der Waals surface area contributed by atoms with Crippen LogP contribution in [0.2, 0.25) is 0 Å². The summed E-state index contributed by atoms with van der Waals surface area (Å²) in [5.41, 5.74) is 0.417. The van der Waals surface area contributed by atoms with E-state index in [1.54, 1.807) is 31.2 Å². The van der Waals surface area contributed by atoms with Crippen molar-refractivity contribution in [3.8, 4) is 5.75 Å². The molecule has 138 valence electrons. The molecule has 0 saturated heterocycles. The SMILES string of the molecule is CCOc1ccc(C(=O)NC(C(=O)NC(C)CC(=O)O)C(C)C)cc1. The van der Waals surface area contributed by atoms with Gasteiger partial charge in [-0.05, 0) is 44.0 Å². The number of carbonyl (C=O) groups is 3. The van der Waals surface area contributed by atoms with Crippen LogP contribution in [0.1, 0.15) is 44.5 Å². The van der Waals surface area contributed by atoms with Gasteiger partial charge in [0.15, 0.2) is 0 Å². The van der Waals surface area contributed by atoms with Crippen molar-refractivity contribution in [1.82, 2.24) is 10.6 Å². The van der Waals surface area contributed by atoms with Crippen molar-refractivity contribution in [1.29, 1.82) is 0 Å². The van der Waals surface area contributed by atoms with Crippen molar-refractivity contribution in [2.75, 3.05) is 6.61 Å². The molecule has 0 aliphatic rings. The molecule has 7 heteroatoms. The largest absolute Gasteiger partial charge is 0.494 e. The third-order valence-corrected chi connectivity index (χ3v) is 3.53. The van der Waals surface area contributed by atoms with Gasteiger partial charge < -0.3 is 20.5 Å². The summed E-state index contributed by atoms with van der Waals surface area (Å²) in [6.07, 6.45) is -0.177. The summed E-state index contributed by atoms with van der Waals surface area (Å²) in [5.74, 6) is -1.25. The van der Waals surface area contributed by atoms with Crippen LogP contribution in [-0.2, 0) is 9.59 Å². The first-order chi connectivity index (χ1) is 11.7. The second-order valence-electron chi connectivity index (χ2n) is 6.16. The number of ether oxygens (including phenoxy) is 1. The number of carboxylic acids is 1. The number of carbonyl (C=O) groups excluding carboxylic acids is 2. The molecule has 0 saturated carbocycles. The van der Waals surface area contributed by atoms with E-state index >= 15 is 0 Å². The minimum absolute atomic E-state index is 0.149. The van der Waals surface area contributed by atoms with E-state index in [-0.39, 0.29) is 18.2 Å². The van der Waals surface area contributed by atoms with Crippen LogP contribution in [0.3, 0.4) is 0 Å². The van der Waals surface area contributed by atoms with Crippen LogP contribution in [0, 0.1) is 5.92 Å². The van der Waals surface area contributed by atoms with Gasteiger partial charge >= 0.3 is 5.97 Å². The lowest BCUT2D eigenvalue weighted by Crippen LogP contribution is -2.51. The fourth-order valence-corrected chi connectivity index (χ4v) is 2.27. The van der Waals surface area contributed by atoms with Gasteiger partial charge in [-0.1, -0.05) is 13.8 Å². The minimum atomic E-state index is -0.993. The predicted octanol–water partition coefficient (Wildman–Crippen LogP) is 1.82. The Balaban J connectivity index is 2.74. The highest BCUT2D eigenvalue weighted by molar-refractivity contribution is 5.97. The fourth-order valence-electron chi connectivity index (χ4n) is 2.27. The zero-order valence-electron chi connectivity index (χ0n) is 15.0. The zero-order chi connectivity index (χ0) is 19.0. The summed E-state index contributed by atoms with van der Waals surface area (Å²) in [6.45, 7) is 7.64. The number of rotatable bonds is 9. The van der Waals surface area contributed by atoms with E-state index in [1.165, 1.54) is 0 Å². The third kappa shape index (κ3) is 6.82. The monoisotopic (exact) mass is 350 g/mol. The van der Waals surface area contributed by atoms with Crippen LogP contribution in [-0.4, -0.2) is 41.6 Å². The van der Waals surface area contributed by atoms with Gasteiger partial charge in [0.05, 0.1) is 13.0 Å². The summed E-state index contributed by atoms with van der Waals surface area (Å²) in [5, 5.41) is 14.1. The quantitative estimate of drug-likeness (QED) is 0.630. The molecule has 2 amide bonds. The molecule has 0 aliphatic heterocycles. The van der Waals surface area contributed by atoms with Crippen LogP contribution in [0.25, 0.3) is 0 Å². The molecule has 0 aliphatic carbocycles. The summed E-state index contributed by atoms with van der Waals surface area (Å²) < 4.78 is 5.33. The Morgan fingerprint density at radius 3 is 2.16 bits per heavy atom. The predicted molar refractivity (Wildman–Crippen MR) is 93.6 cm³/mol. The molecule has 3 N–H and O–H groups in total. The number of aliphatic carboxylic acids is 1. The topological polar surface area (TPSA) is 105 Å². The standard InChI is InChI=1S/C18H26N2O5/c1-5-25-14-8-6-13(7-9-14)17(23)20-16(11(2)3)18(24)19-12(4)10-15(21)22/h6-9,11-12,16H,5,10H2,1-4H3,(H,19,24)(H,20,23)(H,21,22). The lowest BCUT2D eigenvalue weighted by molar-refractivity contribution is -0.137. The highest BCUT2D eigenvalue weighted by atomic mass is 16.5. The van der Waals surface area contributed by atoms with Crippen molar-refractivity contribution in [3.63, 3.8) is 0 Å². The molecule has 2 atom stereocenters. The Labute approximate surface area is 147 Å². The summed E-state index contributed by atoms with van der Waals surface area (Å²) >= 11 is 0. The van der Waals surface area contributed by atoms with Crippen LogP contribution in [0.5, 0.6) is 5.75 Å². The molecule has 0 aromatic heterocycles. The number of benzene rings is 1. The van der Waals surface area contributed by atoms with Crippen LogP contribution in [0.4, 0.5) is 0 Å². The molecule has 1 aromatic rings. The molecule has 0 heterocycles. The highest BCUT2D eigenvalue weighted by Gasteiger charge is 2.26. The van der Waals surface area contributed by atoms with Crippen molar-refractivity contribution >= 4 is 17.8 Å². The number of hydrogen-bond acceptors (Lipinski definition) is 4. The average molecular weight is 350 g/mol. The molecular weight excluding hydrogens is 324 g/mol. The summed E-state index contributed by atoms with van der Waals surface area (Å²) in [7, 11) is 0. The van der Waals surface area contributed by atoms with Gasteiger partial charge in [0.25, 0.3) is 5.91 Å². The van der Waals surface area contributed by atoms with E-state index in [0.717, 1.165) is 0 Å². The molecule has 2 unspecified atom stereocenters. The van der Waals surface area contributed by atoms with Crippen molar-refractivity contribution in [2.24, 2.45) is 5.92 Å². The van der Waals surface area contributed by atoms with E-state index in [0.29, 0.717) is 17.9 Å². The van der Waals surface area contributed by atoms with Gasteiger partial charge in [0, 0.05) is 11.6 Å². The Hall–Kier alpha value is -2.57. The Kier molecular flexibility index (Phi) is 7.91. The molecule has 0 radical (unpaired) electrons. The number of nitrogens with one attached hydrogen (secondary N) is 2. The fraction of sp³-hybridized carbons (Fsp3) is 0.500. The van der Waals surface area contributed by atoms with Gasteiger partial charge in [-0.2, -0.15) is 0 Å². The third-order valence-electron chi connectivity index (χ3n) is 3.53. The lowest BCUT2D eigenvalue weighted by atomic mass is 10.0. The molecular formula is C18H26N2O5. The van der Waals surface area contributed by atoms with Gasteiger partial charge in [-0.15, -0.1) is 0 Å². The normalized spacial score (nSPS) is 13.0. The molecule has 25 heavy (non-hydrogen) atoms. The molecule has 7 nitrogen and oxygen atoms in total. The second kappa shape index (κ2) is 9.66. The summed E-state index contributed by atoms with van der Waals surface area (Å²) in [4.78, 5) is 35.4. The van der Waals surface area contributed by atoms with E-state index in [9.17, 15) is 14.4 Å². The Morgan fingerprint density at radius 2 is 1.68 bits per heavy atom. The van der Waals surface area contributed by atoms with E-state index in [4.69, 9.17) is 9.84 Å². The Morgan fingerprint density at radius 1 is 1.08 bits per heavy atom. The van der Waals surface area contributed by atoms with E-state index in [2.05, 4.69) is 10.6 Å². The van der Waals surface area contributed by atoms with Gasteiger partial charge in [-0.3, -0.25) is 14.4 Å². The second-order valence-corrected chi connectivity index (χ2v) is 6.16. The van der Waals surface area contributed by atoms with Crippen LogP contribution >= 0.6 is 0 Å². The Bertz CT molecular complexity index is 598. The number of amides is 2. The minimum Gasteiger partial charge on any atom is -0.494 e. The average Bonchev–Trinajstić information content (AvgIpc) is 2.52. The first kappa shape index (κ1) is 20.5. The number of carboxylic acid groups (broad SMARTS) is 1. The smallest absolute Gasteiger partial charge is 0.305 e. The maximum absolute atomic E-state index is 12.4. The van der Waals surface area contributed by atoms with E-state index in [1.807, 2.05) is 20.8 Å². The van der Waals surface area contributed by atoms with Crippen LogP contribution in [0.15, 0.2) is 24.3 Å². The molecule has 0 bridgehead atoms. The van der Waals surface area contributed by atoms with E-state index < -0.39 is 24.0 Å². The zero-order valence-corrected chi connectivity index (χ0v) is 15.0. The van der Waals surface area contributed by atoms with Crippen LogP contribution < -0.4 is 15.4 Å². The highest BCUT2D eigenvalue weighted by Crippen LogP contribution is 2.13.